The quantitative estimate of drug-likeness (QED) is 0.829. The molecule has 6 nitrogen and oxygen atoms in total. The van der Waals surface area contributed by atoms with Crippen LogP contribution in [0.2, 0.25) is 0 Å². The third-order valence-electron chi connectivity index (χ3n) is 4.05. The van der Waals surface area contributed by atoms with Crippen LogP contribution in [0.3, 0.4) is 0 Å². The van der Waals surface area contributed by atoms with Crippen molar-refractivity contribution in [1.29, 1.82) is 0 Å². The molecule has 0 aliphatic rings. The number of anilines is 1. The average Bonchev–Trinajstić information content (AvgIpc) is 2.65. The van der Waals surface area contributed by atoms with Gasteiger partial charge in [0.05, 0.1) is 25.3 Å². The number of ether oxygens (including phenoxy) is 2. The monoisotopic (exact) mass is 369 g/mol. The maximum Gasteiger partial charge on any atom is 0.337 e. The van der Waals surface area contributed by atoms with E-state index >= 15 is 0 Å². The van der Waals surface area contributed by atoms with Gasteiger partial charge in [0.15, 0.2) is 0 Å². The van der Waals surface area contributed by atoms with Gasteiger partial charge in [-0.25, -0.2) is 9.59 Å². The molecule has 0 aromatic heterocycles. The number of carbonyl (C=O) groups excluding carboxylic acids is 3. The van der Waals surface area contributed by atoms with E-state index in [0.717, 1.165) is 5.56 Å². The van der Waals surface area contributed by atoms with E-state index in [1.54, 1.807) is 12.1 Å². The molecular formula is C21H23NO5. The number of carbonyl (C=O) groups is 3. The van der Waals surface area contributed by atoms with Crippen molar-refractivity contribution in [3.63, 3.8) is 0 Å². The van der Waals surface area contributed by atoms with Crippen molar-refractivity contribution in [3.05, 3.63) is 64.7 Å². The number of rotatable bonds is 4. The minimum atomic E-state index is -0.620. The zero-order valence-corrected chi connectivity index (χ0v) is 16.1. The fraction of sp³-hybridized carbons (Fsp3) is 0.286. The topological polar surface area (TPSA) is 81.7 Å². The molecule has 0 fully saturated rings. The highest BCUT2D eigenvalue weighted by molar-refractivity contribution is 6.06. The first kappa shape index (κ1) is 20.2. The van der Waals surface area contributed by atoms with E-state index in [1.165, 1.54) is 32.4 Å². The lowest BCUT2D eigenvalue weighted by atomic mass is 9.87. The van der Waals surface area contributed by atoms with Crippen molar-refractivity contribution < 1.29 is 23.9 Å². The lowest BCUT2D eigenvalue weighted by molar-refractivity contribution is 0.0599. The number of nitrogens with one attached hydrogen (secondary N) is 1. The Labute approximate surface area is 158 Å². The van der Waals surface area contributed by atoms with Gasteiger partial charge in [0.1, 0.15) is 0 Å². The molecule has 0 aliphatic carbocycles. The van der Waals surface area contributed by atoms with Crippen LogP contribution in [-0.2, 0) is 14.9 Å². The van der Waals surface area contributed by atoms with Gasteiger partial charge in [0, 0.05) is 11.3 Å². The molecule has 0 saturated carbocycles. The summed E-state index contributed by atoms with van der Waals surface area (Å²) in [7, 11) is 2.48. The highest BCUT2D eigenvalue weighted by atomic mass is 16.5. The van der Waals surface area contributed by atoms with E-state index in [2.05, 4.69) is 26.1 Å². The lowest BCUT2D eigenvalue weighted by Crippen LogP contribution is -2.15. The Morgan fingerprint density at radius 1 is 0.778 bits per heavy atom. The summed E-state index contributed by atoms with van der Waals surface area (Å²) >= 11 is 0. The molecule has 0 unspecified atom stereocenters. The van der Waals surface area contributed by atoms with Crippen molar-refractivity contribution in [2.24, 2.45) is 0 Å². The van der Waals surface area contributed by atoms with Crippen LogP contribution in [0.4, 0.5) is 5.69 Å². The smallest absolute Gasteiger partial charge is 0.337 e. The largest absolute Gasteiger partial charge is 0.465 e. The summed E-state index contributed by atoms with van der Waals surface area (Å²) in [5.41, 5.74) is 2.13. The Kier molecular flexibility index (Phi) is 6.00. The van der Waals surface area contributed by atoms with E-state index < -0.39 is 11.9 Å². The van der Waals surface area contributed by atoms with Crippen LogP contribution in [0.25, 0.3) is 0 Å². The van der Waals surface area contributed by atoms with E-state index in [-0.39, 0.29) is 22.4 Å². The fourth-order valence-corrected chi connectivity index (χ4v) is 2.50. The maximum absolute atomic E-state index is 12.5. The fourth-order valence-electron chi connectivity index (χ4n) is 2.50. The Bertz CT molecular complexity index is 829. The molecule has 27 heavy (non-hydrogen) atoms. The zero-order valence-electron chi connectivity index (χ0n) is 16.1. The third kappa shape index (κ3) is 4.94. The predicted molar refractivity (Wildman–Crippen MR) is 102 cm³/mol. The summed E-state index contributed by atoms with van der Waals surface area (Å²) in [6.07, 6.45) is 0. The first-order valence-corrected chi connectivity index (χ1v) is 8.39. The van der Waals surface area contributed by atoms with Crippen LogP contribution in [-0.4, -0.2) is 32.1 Å². The summed E-state index contributed by atoms with van der Waals surface area (Å²) in [4.78, 5) is 36.2. The molecule has 2 aromatic rings. The standard InChI is InChI=1S/C21H23NO5/c1-21(2,3)16-8-6-13(7-9-16)18(23)22-17-11-14(19(24)26-4)10-15(12-17)20(25)27-5/h6-12H,1-5H3,(H,22,23). The van der Waals surface area contributed by atoms with Gasteiger partial charge in [0.25, 0.3) is 5.91 Å². The van der Waals surface area contributed by atoms with Gasteiger partial charge in [-0.15, -0.1) is 0 Å². The second-order valence-corrected chi connectivity index (χ2v) is 7.06. The summed E-state index contributed by atoms with van der Waals surface area (Å²) in [6, 6.07) is 11.5. The van der Waals surface area contributed by atoms with Crippen molar-refractivity contribution in [2.45, 2.75) is 26.2 Å². The second kappa shape index (κ2) is 8.03. The predicted octanol–water partition coefficient (Wildman–Crippen LogP) is 3.81. The van der Waals surface area contributed by atoms with Crippen LogP contribution in [0.1, 0.15) is 57.4 Å². The molecule has 6 heteroatoms. The van der Waals surface area contributed by atoms with Crippen LogP contribution < -0.4 is 5.32 Å². The Morgan fingerprint density at radius 2 is 1.26 bits per heavy atom. The SMILES string of the molecule is COC(=O)c1cc(NC(=O)c2ccc(C(C)(C)C)cc2)cc(C(=O)OC)c1. The molecule has 0 atom stereocenters. The summed E-state index contributed by atoms with van der Waals surface area (Å²) in [6.45, 7) is 6.28. The molecule has 0 aliphatic heterocycles. The van der Waals surface area contributed by atoms with Gasteiger partial charge < -0.3 is 14.8 Å². The van der Waals surface area contributed by atoms with Gasteiger partial charge in [-0.2, -0.15) is 0 Å². The van der Waals surface area contributed by atoms with Crippen molar-refractivity contribution in [1.82, 2.24) is 0 Å². The lowest BCUT2D eigenvalue weighted by Gasteiger charge is -2.19. The van der Waals surface area contributed by atoms with Crippen molar-refractivity contribution in [2.75, 3.05) is 19.5 Å². The highest BCUT2D eigenvalue weighted by Crippen LogP contribution is 2.23. The first-order valence-electron chi connectivity index (χ1n) is 8.39. The van der Waals surface area contributed by atoms with Gasteiger partial charge in [-0.05, 0) is 41.3 Å². The number of benzene rings is 2. The highest BCUT2D eigenvalue weighted by Gasteiger charge is 2.17. The number of esters is 2. The molecule has 1 amide bonds. The van der Waals surface area contributed by atoms with Crippen LogP contribution in [0.5, 0.6) is 0 Å². The Morgan fingerprint density at radius 3 is 1.67 bits per heavy atom. The zero-order chi connectivity index (χ0) is 20.2. The number of hydrogen-bond acceptors (Lipinski definition) is 5. The Balaban J connectivity index is 2.31. The molecule has 0 saturated heterocycles. The minimum Gasteiger partial charge on any atom is -0.465 e. The summed E-state index contributed by atoms with van der Waals surface area (Å²) in [5.74, 6) is -1.59. The van der Waals surface area contributed by atoms with Crippen molar-refractivity contribution in [3.8, 4) is 0 Å². The number of amides is 1. The molecule has 2 aromatic carbocycles. The van der Waals surface area contributed by atoms with Gasteiger partial charge in [-0.3, -0.25) is 4.79 Å². The maximum atomic E-state index is 12.5. The second-order valence-electron chi connectivity index (χ2n) is 7.06. The van der Waals surface area contributed by atoms with Crippen molar-refractivity contribution >= 4 is 23.5 Å². The number of hydrogen-bond donors (Lipinski definition) is 1. The van der Waals surface area contributed by atoms with Gasteiger partial charge >= 0.3 is 11.9 Å². The minimum absolute atomic E-state index is 0.0146. The van der Waals surface area contributed by atoms with E-state index in [4.69, 9.17) is 9.47 Å². The van der Waals surface area contributed by atoms with E-state index in [1.807, 2.05) is 12.1 Å². The van der Waals surface area contributed by atoms with Crippen LogP contribution >= 0.6 is 0 Å². The first-order chi connectivity index (χ1) is 12.7. The molecule has 0 heterocycles. The molecular weight excluding hydrogens is 346 g/mol. The van der Waals surface area contributed by atoms with E-state index in [9.17, 15) is 14.4 Å². The molecule has 2 rings (SSSR count). The van der Waals surface area contributed by atoms with Crippen LogP contribution in [0, 0.1) is 0 Å². The van der Waals surface area contributed by atoms with Gasteiger partial charge in [-0.1, -0.05) is 32.9 Å². The Hall–Kier alpha value is -3.15. The van der Waals surface area contributed by atoms with E-state index in [0.29, 0.717) is 11.3 Å². The molecule has 1 N–H and O–H groups in total. The molecule has 142 valence electrons. The molecule has 0 radical (unpaired) electrons. The van der Waals surface area contributed by atoms with Crippen LogP contribution in [0.15, 0.2) is 42.5 Å². The number of methoxy groups -OCH3 is 2. The van der Waals surface area contributed by atoms with Gasteiger partial charge in [0.2, 0.25) is 0 Å². The average molecular weight is 369 g/mol. The summed E-state index contributed by atoms with van der Waals surface area (Å²) < 4.78 is 9.38. The molecule has 0 spiro atoms. The third-order valence-corrected chi connectivity index (χ3v) is 4.05. The summed E-state index contributed by atoms with van der Waals surface area (Å²) in [5, 5.41) is 2.70. The molecule has 0 bridgehead atoms. The normalized spacial score (nSPS) is 10.9.